The number of nitrogens with two attached hydrogens (primary N) is 1. The summed E-state index contributed by atoms with van der Waals surface area (Å²) in [5, 5.41) is 0. The van der Waals surface area contributed by atoms with E-state index in [4.69, 9.17) is 5.73 Å². The molecule has 0 aliphatic carbocycles. The summed E-state index contributed by atoms with van der Waals surface area (Å²) in [6, 6.07) is 1.94. The molecule has 0 bridgehead atoms. The molecule has 4 nitrogen and oxygen atoms in total. The standard InChI is InChI=1S/C10H9BrF3N3O/c1-9(7-5(12)2-3-6(11)16-7)10(13,14)4-18-8(15)17-9/h2-3H,4H2,1H3,(H2,15,17)/t9-/m1/s1. The Bertz CT molecular complexity index is 523. The summed E-state index contributed by atoms with van der Waals surface area (Å²) in [5.74, 6) is -4.29. The molecule has 0 unspecified atom stereocenters. The maximum absolute atomic E-state index is 13.9. The fourth-order valence-electron chi connectivity index (χ4n) is 1.63. The summed E-state index contributed by atoms with van der Waals surface area (Å²) in [7, 11) is 0. The summed E-state index contributed by atoms with van der Waals surface area (Å²) in [4.78, 5) is 7.28. The Labute approximate surface area is 109 Å². The van der Waals surface area contributed by atoms with E-state index in [0.717, 1.165) is 13.0 Å². The zero-order valence-corrected chi connectivity index (χ0v) is 10.8. The summed E-state index contributed by atoms with van der Waals surface area (Å²) >= 11 is 3.01. The van der Waals surface area contributed by atoms with Gasteiger partial charge in [-0.2, -0.15) is 8.78 Å². The second-order valence-corrected chi connectivity index (χ2v) is 4.79. The SMILES string of the molecule is C[C@]1(c2nc(Br)ccc2F)N=C(N)OCC1(F)F. The van der Waals surface area contributed by atoms with Gasteiger partial charge >= 0.3 is 5.92 Å². The van der Waals surface area contributed by atoms with Crippen molar-refractivity contribution >= 4 is 22.0 Å². The Morgan fingerprint density at radius 2 is 2.11 bits per heavy atom. The van der Waals surface area contributed by atoms with E-state index in [-0.39, 0.29) is 4.60 Å². The van der Waals surface area contributed by atoms with E-state index in [1.807, 2.05) is 0 Å². The first-order valence-corrected chi connectivity index (χ1v) is 5.74. The Hall–Kier alpha value is -1.31. The normalized spacial score (nSPS) is 26.4. The van der Waals surface area contributed by atoms with Crippen LogP contribution in [0.2, 0.25) is 0 Å². The van der Waals surface area contributed by atoms with Crippen molar-refractivity contribution in [3.63, 3.8) is 0 Å². The lowest BCUT2D eigenvalue weighted by atomic mass is 9.89. The van der Waals surface area contributed by atoms with Gasteiger partial charge in [0.25, 0.3) is 6.02 Å². The van der Waals surface area contributed by atoms with Crippen LogP contribution in [0.5, 0.6) is 0 Å². The third-order valence-corrected chi connectivity index (χ3v) is 3.16. The van der Waals surface area contributed by atoms with Gasteiger partial charge in [0, 0.05) is 0 Å². The Balaban J connectivity index is 2.65. The Kier molecular flexibility index (Phi) is 3.00. The van der Waals surface area contributed by atoms with Crippen LogP contribution in [-0.2, 0) is 10.3 Å². The summed E-state index contributed by atoms with van der Waals surface area (Å²) in [6.45, 7) is 0.104. The van der Waals surface area contributed by atoms with E-state index in [2.05, 4.69) is 30.6 Å². The second kappa shape index (κ2) is 4.11. The average molecular weight is 324 g/mol. The maximum atomic E-state index is 13.9. The second-order valence-electron chi connectivity index (χ2n) is 3.98. The molecule has 0 saturated heterocycles. The highest BCUT2D eigenvalue weighted by atomic mass is 79.9. The van der Waals surface area contributed by atoms with Gasteiger partial charge in [0.05, 0.1) is 0 Å². The van der Waals surface area contributed by atoms with Crippen molar-refractivity contribution < 1.29 is 17.9 Å². The molecule has 0 aromatic carbocycles. The largest absolute Gasteiger partial charge is 0.459 e. The number of halogens is 4. The number of alkyl halides is 2. The minimum Gasteiger partial charge on any atom is -0.459 e. The molecule has 0 saturated carbocycles. The highest BCUT2D eigenvalue weighted by molar-refractivity contribution is 9.10. The molecular formula is C10H9BrF3N3O. The third-order valence-electron chi connectivity index (χ3n) is 2.72. The molecule has 2 heterocycles. The van der Waals surface area contributed by atoms with Crippen LogP contribution in [0.25, 0.3) is 0 Å². The molecule has 1 atom stereocenters. The van der Waals surface area contributed by atoms with E-state index in [1.54, 1.807) is 0 Å². The molecule has 2 rings (SSSR count). The van der Waals surface area contributed by atoms with Gasteiger partial charge in [0.15, 0.2) is 12.1 Å². The number of ether oxygens (including phenoxy) is 1. The van der Waals surface area contributed by atoms with Gasteiger partial charge in [-0.15, -0.1) is 0 Å². The van der Waals surface area contributed by atoms with Crippen LogP contribution in [0.15, 0.2) is 21.7 Å². The molecule has 1 aliphatic rings. The molecule has 1 aliphatic heterocycles. The van der Waals surface area contributed by atoms with E-state index in [1.165, 1.54) is 6.07 Å². The zero-order valence-electron chi connectivity index (χ0n) is 9.25. The topological polar surface area (TPSA) is 60.5 Å². The number of aliphatic imine (C=N–C) groups is 1. The molecule has 18 heavy (non-hydrogen) atoms. The van der Waals surface area contributed by atoms with Crippen LogP contribution in [0.3, 0.4) is 0 Å². The molecule has 1 aromatic heterocycles. The van der Waals surface area contributed by atoms with E-state index < -0.39 is 35.6 Å². The van der Waals surface area contributed by atoms with Gasteiger partial charge in [0.1, 0.15) is 16.1 Å². The first-order chi connectivity index (χ1) is 8.26. The van der Waals surface area contributed by atoms with Crippen molar-refractivity contribution in [1.82, 2.24) is 4.98 Å². The molecule has 2 N–H and O–H groups in total. The van der Waals surface area contributed by atoms with Crippen molar-refractivity contribution in [1.29, 1.82) is 0 Å². The fourth-order valence-corrected chi connectivity index (χ4v) is 1.93. The van der Waals surface area contributed by atoms with Crippen LogP contribution in [0, 0.1) is 5.82 Å². The van der Waals surface area contributed by atoms with Crippen molar-refractivity contribution in [3.05, 3.63) is 28.2 Å². The lowest BCUT2D eigenvalue weighted by molar-refractivity contribution is -0.118. The molecular weight excluding hydrogens is 315 g/mol. The van der Waals surface area contributed by atoms with E-state index >= 15 is 0 Å². The fraction of sp³-hybridized carbons (Fsp3) is 0.400. The summed E-state index contributed by atoms with van der Waals surface area (Å²) in [6.07, 6.45) is 0. The van der Waals surface area contributed by atoms with Crippen molar-refractivity contribution in [2.75, 3.05) is 6.61 Å². The van der Waals surface area contributed by atoms with Crippen molar-refractivity contribution in [3.8, 4) is 0 Å². The molecule has 8 heteroatoms. The van der Waals surface area contributed by atoms with Crippen LogP contribution in [-0.4, -0.2) is 23.5 Å². The molecule has 0 radical (unpaired) electrons. The van der Waals surface area contributed by atoms with Gasteiger partial charge in [-0.05, 0) is 35.0 Å². The minimum atomic E-state index is -3.41. The van der Waals surface area contributed by atoms with E-state index in [9.17, 15) is 13.2 Å². The smallest absolute Gasteiger partial charge is 0.311 e. The monoisotopic (exact) mass is 323 g/mol. The van der Waals surface area contributed by atoms with Crippen LogP contribution >= 0.6 is 15.9 Å². The van der Waals surface area contributed by atoms with Crippen LogP contribution in [0.1, 0.15) is 12.6 Å². The maximum Gasteiger partial charge on any atom is 0.311 e. The highest BCUT2D eigenvalue weighted by Gasteiger charge is 2.57. The van der Waals surface area contributed by atoms with E-state index in [0.29, 0.717) is 0 Å². The summed E-state index contributed by atoms with van der Waals surface area (Å²) in [5.41, 5.74) is 2.62. The predicted molar refractivity (Wildman–Crippen MR) is 61.8 cm³/mol. The first-order valence-electron chi connectivity index (χ1n) is 4.95. The molecule has 0 amide bonds. The zero-order chi connectivity index (χ0) is 13.6. The highest BCUT2D eigenvalue weighted by Crippen LogP contribution is 2.43. The third kappa shape index (κ3) is 1.94. The average Bonchev–Trinajstić information content (AvgIpc) is 2.28. The number of hydrogen-bond donors (Lipinski definition) is 1. The van der Waals surface area contributed by atoms with Gasteiger partial charge < -0.3 is 10.5 Å². The van der Waals surface area contributed by atoms with Crippen molar-refractivity contribution in [2.45, 2.75) is 18.4 Å². The Morgan fingerprint density at radius 3 is 2.78 bits per heavy atom. The van der Waals surface area contributed by atoms with Crippen LogP contribution < -0.4 is 5.73 Å². The molecule has 98 valence electrons. The first kappa shape index (κ1) is 13.1. The number of pyridine rings is 1. The van der Waals surface area contributed by atoms with Gasteiger partial charge in [-0.3, -0.25) is 0 Å². The number of nitrogens with zero attached hydrogens (tertiary/aromatic N) is 2. The number of aromatic nitrogens is 1. The lowest BCUT2D eigenvalue weighted by Crippen LogP contribution is -2.51. The quantitative estimate of drug-likeness (QED) is 0.806. The van der Waals surface area contributed by atoms with Gasteiger partial charge in [0.2, 0.25) is 0 Å². The van der Waals surface area contributed by atoms with Crippen molar-refractivity contribution in [2.24, 2.45) is 10.7 Å². The number of hydrogen-bond acceptors (Lipinski definition) is 4. The van der Waals surface area contributed by atoms with Gasteiger partial charge in [-0.25, -0.2) is 14.4 Å². The molecule has 0 fully saturated rings. The minimum absolute atomic E-state index is 0.233. The number of rotatable bonds is 1. The number of amidine groups is 1. The Morgan fingerprint density at radius 1 is 1.44 bits per heavy atom. The summed E-state index contributed by atoms with van der Waals surface area (Å²) < 4.78 is 46.3. The molecule has 0 spiro atoms. The van der Waals surface area contributed by atoms with Crippen LogP contribution in [0.4, 0.5) is 13.2 Å². The predicted octanol–water partition coefficient (Wildman–Crippen LogP) is 2.18. The molecule has 1 aromatic rings. The van der Waals surface area contributed by atoms with Gasteiger partial charge in [-0.1, -0.05) is 0 Å². The lowest BCUT2D eigenvalue weighted by Gasteiger charge is -2.36.